The van der Waals surface area contributed by atoms with Crippen molar-refractivity contribution in [3.8, 4) is 0 Å². The lowest BCUT2D eigenvalue weighted by molar-refractivity contribution is -1.08. The van der Waals surface area contributed by atoms with Crippen molar-refractivity contribution < 1.29 is 124 Å². The van der Waals surface area contributed by atoms with Crippen molar-refractivity contribution in [2.75, 3.05) is 185 Å². The van der Waals surface area contributed by atoms with Gasteiger partial charge < -0.3 is 94.4 Å². The first-order valence-electron chi connectivity index (χ1n) is 40.7. The molecule has 4 aromatic rings. The third-order valence-corrected chi connectivity index (χ3v) is 28.9. The van der Waals surface area contributed by atoms with Crippen LogP contribution in [0.5, 0.6) is 0 Å². The van der Waals surface area contributed by atoms with E-state index in [9.17, 15) is 71.5 Å². The highest BCUT2D eigenvalue weighted by molar-refractivity contribution is 7.89. The number of carbonyl (C=O) groups excluding carboxylic acids is 9. The van der Waals surface area contributed by atoms with E-state index in [1.54, 1.807) is 54.6 Å². The fraction of sp³-hybridized carbons (Fsp3) is 0.518. The summed E-state index contributed by atoms with van der Waals surface area (Å²) < 4.78 is 136. The van der Waals surface area contributed by atoms with Gasteiger partial charge in [-0.2, -0.15) is 4.58 Å². The molecule has 6 saturated heterocycles. The molecule has 0 aliphatic carbocycles. The maximum atomic E-state index is 14.2. The van der Waals surface area contributed by atoms with Crippen LogP contribution >= 0.6 is 0 Å². The third kappa shape index (κ3) is 29.2. The highest BCUT2D eigenvalue weighted by Gasteiger charge is 2.52. The van der Waals surface area contributed by atoms with Crippen LogP contribution in [0.25, 0.3) is 0 Å². The molecule has 4 aromatic carbocycles. The van der Waals surface area contributed by atoms with E-state index in [2.05, 4.69) is 21.3 Å². The number of hydrogen-bond acceptors (Lipinski definition) is 23. The largest absolute Gasteiger partial charge is 0.748 e. The van der Waals surface area contributed by atoms with Crippen molar-refractivity contribution in [1.29, 1.82) is 0 Å². The maximum absolute atomic E-state index is 14.2. The van der Waals surface area contributed by atoms with Gasteiger partial charge in [0.1, 0.15) is 85.1 Å². The summed E-state index contributed by atoms with van der Waals surface area (Å²) in [6.45, 7) is 24.5. The molecular weight excluding hydrogens is 1670 g/mol. The summed E-state index contributed by atoms with van der Waals surface area (Å²) in [4.78, 5) is 103. The number of quaternary nitrogens is 4. The zero-order chi connectivity index (χ0) is 91.3. The first-order valence-corrected chi connectivity index (χ1v) is 46.8. The Kier molecular flexibility index (Phi) is 34.9. The fourth-order valence-corrected chi connectivity index (χ4v) is 20.1. The Labute approximate surface area is 721 Å². The zero-order valence-corrected chi connectivity index (χ0v) is 74.7. The second-order valence-corrected chi connectivity index (χ2v) is 40.6. The van der Waals surface area contributed by atoms with Gasteiger partial charge in [-0.25, -0.2) is 42.3 Å². The molecule has 8 aliphatic rings. The SMILES string of the molecule is CC(=O)[O-].CC(=O)[O-].CC(=O)[O-].CN(CCCC(=O)NCC(=O)Nc1ccc(CC[N+]23CC[N+](CC(N)=O)(CC2)CC3)cc1)S(=O)(=O)c1ccc2c(c1)C(C)(C)C(/C=C/C=C/C=C1\N(CCCS(=O)(=O)[O-])c3ccc(S(=O)(=O)N(C)CCCC(=O)NCC(=O)Nc4ccc(CC[N+]56CC[N+](CC(N)=O)(CC5)CC6)cc4)cc3C1(C)C)=[N+]2CCCS(=O)(=O)[O-]. The Morgan fingerprint density at radius 3 is 1.28 bits per heavy atom. The Hall–Kier alpha value is -9.72. The van der Waals surface area contributed by atoms with Crippen molar-refractivity contribution in [2.24, 2.45) is 11.5 Å². The van der Waals surface area contributed by atoms with Gasteiger partial charge in [0, 0.05) is 141 Å². The van der Waals surface area contributed by atoms with Gasteiger partial charge in [0.15, 0.2) is 18.8 Å². The average molecular weight is 1790 g/mol. The highest BCUT2D eigenvalue weighted by Crippen LogP contribution is 2.49. The average Bonchev–Trinajstić information content (AvgIpc) is 1.57. The standard InChI is InChI=1S/C77H106N14O16S4.3C2H4O2/c1-76(2)64-52-62(110(104,105)84(5)32-10-16-72(94)80-54-74(96)82-60-22-18-58(19-23-60)30-36-88-38-44-90(45-39-88,46-40-88)56-70(78)92)26-28-66(64)86(34-12-50-108(98,99)100)68(76)14-8-7-9-15-69-77(3,4)65-53-63(27-29-67(65)87(69)35-13-51-109(101,102)103)111(106,107)85(6)33-11-17-73(95)81-55-75(97)83-61-24-20-59(21-25-61)31-37-89-41-47-91(48-42-89,49-43-89)57-71(79)93;3*1-2(3)4/h7-9,14-15,18-29,52-53H,10-13,16-17,30-51,54-57H2,1-6H3,(H5-5,78,79,80,81,82,83,92,93,94,95,96,97,98,99,100,101,102,103);3*1H3,(H,3,4). The van der Waals surface area contributed by atoms with E-state index in [0.717, 1.165) is 163 Å². The molecule has 8 heterocycles. The molecule has 12 rings (SSSR count). The lowest BCUT2D eigenvalue weighted by Crippen LogP contribution is -2.76. The monoisotopic (exact) mass is 1790 g/mol. The quantitative estimate of drug-likeness (QED) is 0.0131. The van der Waals surface area contributed by atoms with Crippen LogP contribution in [0, 0.1) is 0 Å². The molecular formula is C83H118N14O22S4. The predicted octanol–water partition coefficient (Wildman–Crippen LogP) is -1.32. The number of anilines is 3. The molecule has 6 fully saturated rings. The van der Waals surface area contributed by atoms with Gasteiger partial charge in [-0.1, -0.05) is 56.3 Å². The Bertz CT molecular complexity index is 5060. The number of primary amides is 2. The molecule has 36 nitrogen and oxygen atoms in total. The molecule has 6 amide bonds. The number of allylic oxidation sites excluding steroid dienone is 6. The molecule has 123 heavy (non-hydrogen) atoms. The first-order chi connectivity index (χ1) is 57.3. The number of benzene rings is 4. The molecule has 0 saturated carbocycles. The number of fused-ring (bicyclic) bond motifs is 8. The normalized spacial score (nSPS) is 20.8. The molecule has 8 N–H and O–H groups in total. The summed E-state index contributed by atoms with van der Waals surface area (Å²) in [6.07, 6.45) is 10.5. The summed E-state index contributed by atoms with van der Waals surface area (Å²) in [7, 11) is -14.7. The number of amides is 6. The van der Waals surface area contributed by atoms with Crippen LogP contribution in [-0.2, 0) is 107 Å². The van der Waals surface area contributed by atoms with Crippen LogP contribution in [0.15, 0.2) is 131 Å². The minimum Gasteiger partial charge on any atom is -0.748 e. The first kappa shape index (κ1) is 100. The number of carbonyl (C=O) groups is 9. The molecule has 0 radical (unpaired) electrons. The topological polar surface area (TPSA) is 518 Å². The highest BCUT2D eigenvalue weighted by atomic mass is 32.2. The second kappa shape index (κ2) is 42.8. The number of carboxylic acids is 3. The van der Waals surface area contributed by atoms with Gasteiger partial charge in [0.25, 0.3) is 11.8 Å². The summed E-state index contributed by atoms with van der Waals surface area (Å²) in [6, 6.07) is 24.5. The van der Waals surface area contributed by atoms with Crippen molar-refractivity contribution in [1.82, 2.24) is 19.2 Å². The van der Waals surface area contributed by atoms with Crippen molar-refractivity contribution in [3.05, 3.63) is 143 Å². The molecule has 4 bridgehead atoms. The number of nitrogens with zero attached hydrogens (tertiary/aromatic N) is 8. The Balaban J connectivity index is 0.00000162. The maximum Gasteiger partial charge on any atom is 0.272 e. The van der Waals surface area contributed by atoms with Crippen molar-refractivity contribution in [3.63, 3.8) is 0 Å². The number of piperazine rings is 6. The van der Waals surface area contributed by atoms with E-state index in [0.29, 0.717) is 58.4 Å². The molecule has 0 atom stereocenters. The number of nitrogens with two attached hydrogens (primary N) is 2. The fourth-order valence-electron chi connectivity index (χ4n) is 16.7. The Morgan fingerprint density at radius 2 is 0.878 bits per heavy atom. The van der Waals surface area contributed by atoms with Gasteiger partial charge in [0.05, 0.1) is 61.6 Å². The minimum atomic E-state index is -4.60. The van der Waals surface area contributed by atoms with Crippen LogP contribution < -0.4 is 53.0 Å². The Morgan fingerprint density at radius 1 is 0.496 bits per heavy atom. The van der Waals surface area contributed by atoms with E-state index in [-0.39, 0.29) is 99.4 Å². The number of nitrogens with one attached hydrogen (secondary N) is 4. The number of rotatable bonds is 39. The van der Waals surface area contributed by atoms with Crippen molar-refractivity contribution >= 4 is 122 Å². The van der Waals surface area contributed by atoms with Crippen molar-refractivity contribution in [2.45, 2.75) is 120 Å². The molecule has 0 aromatic heterocycles. The van der Waals surface area contributed by atoms with Gasteiger partial charge >= 0.3 is 0 Å². The lowest BCUT2D eigenvalue weighted by Gasteiger charge is -2.55. The smallest absolute Gasteiger partial charge is 0.272 e. The summed E-state index contributed by atoms with van der Waals surface area (Å²) in [5.74, 6) is -6.79. The van der Waals surface area contributed by atoms with Crippen LogP contribution in [0.4, 0.5) is 22.7 Å². The van der Waals surface area contributed by atoms with E-state index >= 15 is 0 Å². The van der Waals surface area contributed by atoms with Gasteiger partial charge in [-0.05, 0) is 131 Å². The van der Waals surface area contributed by atoms with E-state index in [1.807, 2.05) is 85.7 Å². The number of sulfonamides is 2. The van der Waals surface area contributed by atoms with Crippen LogP contribution in [0.1, 0.15) is 109 Å². The van der Waals surface area contributed by atoms with Gasteiger partial charge in [0.2, 0.25) is 49.4 Å². The summed E-state index contributed by atoms with van der Waals surface area (Å²) in [5, 5.41) is 37.5. The third-order valence-electron chi connectivity index (χ3n) is 23.6. The summed E-state index contributed by atoms with van der Waals surface area (Å²) in [5.41, 5.74) is 16.4. The van der Waals surface area contributed by atoms with Gasteiger partial charge in [-0.15, -0.1) is 0 Å². The number of hydrogen-bond donors (Lipinski definition) is 6. The van der Waals surface area contributed by atoms with Gasteiger partial charge in [-0.3, -0.25) is 28.8 Å². The minimum absolute atomic E-state index is 0.0344. The van der Waals surface area contributed by atoms with E-state index in [1.165, 1.54) is 26.2 Å². The van der Waals surface area contributed by atoms with E-state index in [4.69, 9.17) is 41.2 Å². The predicted molar refractivity (Wildman–Crippen MR) is 452 cm³/mol. The molecule has 40 heteroatoms. The zero-order valence-electron chi connectivity index (χ0n) is 71.4. The molecule has 676 valence electrons. The second-order valence-electron chi connectivity index (χ2n) is 33.4. The number of carboxylic acid groups (broad SMARTS) is 3. The summed E-state index contributed by atoms with van der Waals surface area (Å²) >= 11 is 0. The number of aliphatic carboxylic acids is 3. The lowest BCUT2D eigenvalue weighted by atomic mass is 9.81. The van der Waals surface area contributed by atoms with Crippen LogP contribution in [0.2, 0.25) is 0 Å². The molecule has 0 spiro atoms. The van der Waals surface area contributed by atoms with E-state index < -0.39 is 104 Å². The molecule has 8 aliphatic heterocycles. The molecule has 0 unspecified atom stereocenters. The van der Waals surface area contributed by atoms with Crippen LogP contribution in [0.3, 0.4) is 0 Å². The van der Waals surface area contributed by atoms with Crippen LogP contribution in [-0.4, -0.2) is 303 Å².